The molecular weight excluding hydrogens is 268 g/mol. The summed E-state index contributed by atoms with van der Waals surface area (Å²) in [5.74, 6) is 0. The molecule has 1 fully saturated rings. The molecule has 0 spiro atoms. The van der Waals surface area contributed by atoms with Crippen molar-refractivity contribution in [2.75, 3.05) is 6.61 Å². The number of hydrogen-bond acceptors (Lipinski definition) is 1. The Labute approximate surface area is 134 Å². The van der Waals surface area contributed by atoms with E-state index in [9.17, 15) is 0 Å². The molecule has 2 aromatic rings. The summed E-state index contributed by atoms with van der Waals surface area (Å²) in [5, 5.41) is 0. The van der Waals surface area contributed by atoms with Crippen molar-refractivity contribution < 1.29 is 4.74 Å². The average Bonchev–Trinajstić information content (AvgIpc) is 2.61. The molecule has 0 aromatic heterocycles. The largest absolute Gasteiger partial charge is 0.378 e. The SMILES string of the molecule is c1ccc(-c2ccc(CCCOC3CCCCC3)cc2)cc1. The molecule has 1 aliphatic rings. The van der Waals surface area contributed by atoms with Crippen molar-refractivity contribution in [3.63, 3.8) is 0 Å². The van der Waals surface area contributed by atoms with Crippen LogP contribution in [0.3, 0.4) is 0 Å². The summed E-state index contributed by atoms with van der Waals surface area (Å²) < 4.78 is 6.00. The van der Waals surface area contributed by atoms with Crippen LogP contribution in [0.2, 0.25) is 0 Å². The Morgan fingerprint density at radius 1 is 0.773 bits per heavy atom. The van der Waals surface area contributed by atoms with Gasteiger partial charge in [0, 0.05) is 6.61 Å². The van der Waals surface area contributed by atoms with Crippen molar-refractivity contribution in [3.8, 4) is 11.1 Å². The second kappa shape index (κ2) is 8.14. The van der Waals surface area contributed by atoms with Crippen molar-refractivity contribution in [3.05, 3.63) is 60.2 Å². The van der Waals surface area contributed by atoms with Gasteiger partial charge in [0.15, 0.2) is 0 Å². The van der Waals surface area contributed by atoms with E-state index in [1.165, 1.54) is 48.8 Å². The smallest absolute Gasteiger partial charge is 0.0575 e. The Morgan fingerprint density at radius 3 is 2.18 bits per heavy atom. The lowest BCUT2D eigenvalue weighted by molar-refractivity contribution is 0.0273. The van der Waals surface area contributed by atoms with Gasteiger partial charge in [0.2, 0.25) is 0 Å². The van der Waals surface area contributed by atoms with Crippen molar-refractivity contribution >= 4 is 0 Å². The Hall–Kier alpha value is -1.60. The fourth-order valence-corrected chi connectivity index (χ4v) is 3.25. The molecule has 0 heterocycles. The second-order valence-electron chi connectivity index (χ2n) is 6.30. The summed E-state index contributed by atoms with van der Waals surface area (Å²) in [7, 11) is 0. The predicted molar refractivity (Wildman–Crippen MR) is 93.0 cm³/mol. The number of aryl methyl sites for hydroxylation is 1. The molecule has 1 heteroatoms. The molecule has 1 nitrogen and oxygen atoms in total. The zero-order valence-corrected chi connectivity index (χ0v) is 13.3. The summed E-state index contributed by atoms with van der Waals surface area (Å²) >= 11 is 0. The van der Waals surface area contributed by atoms with Crippen LogP contribution in [0.4, 0.5) is 0 Å². The van der Waals surface area contributed by atoms with Crippen molar-refractivity contribution in [2.24, 2.45) is 0 Å². The zero-order chi connectivity index (χ0) is 15.0. The van der Waals surface area contributed by atoms with E-state index in [0.29, 0.717) is 6.10 Å². The number of rotatable bonds is 6. The van der Waals surface area contributed by atoms with Crippen LogP contribution < -0.4 is 0 Å². The zero-order valence-electron chi connectivity index (χ0n) is 13.3. The Morgan fingerprint density at radius 2 is 1.45 bits per heavy atom. The van der Waals surface area contributed by atoms with Gasteiger partial charge in [-0.25, -0.2) is 0 Å². The highest BCUT2D eigenvalue weighted by molar-refractivity contribution is 5.63. The van der Waals surface area contributed by atoms with E-state index in [0.717, 1.165) is 19.4 Å². The first-order valence-electron chi connectivity index (χ1n) is 8.68. The van der Waals surface area contributed by atoms with E-state index in [1.807, 2.05) is 0 Å². The van der Waals surface area contributed by atoms with Crippen LogP contribution in [0.25, 0.3) is 11.1 Å². The minimum atomic E-state index is 0.536. The summed E-state index contributed by atoms with van der Waals surface area (Å²) in [6, 6.07) is 19.5. The van der Waals surface area contributed by atoms with Crippen molar-refractivity contribution in [1.82, 2.24) is 0 Å². The molecule has 116 valence electrons. The minimum absolute atomic E-state index is 0.536. The standard InChI is InChI=1S/C21H26O/c1-3-9-19(10-4-1)20-15-13-18(14-16-20)8-7-17-22-21-11-5-2-6-12-21/h1,3-4,9-10,13-16,21H,2,5-8,11-12,17H2. The van der Waals surface area contributed by atoms with E-state index in [1.54, 1.807) is 0 Å². The Bertz CT molecular complexity index is 538. The van der Waals surface area contributed by atoms with Gasteiger partial charge in [-0.2, -0.15) is 0 Å². The first-order chi connectivity index (χ1) is 10.9. The molecule has 0 bridgehead atoms. The number of benzene rings is 2. The van der Waals surface area contributed by atoms with Crippen LogP contribution >= 0.6 is 0 Å². The van der Waals surface area contributed by atoms with Crippen LogP contribution in [0.1, 0.15) is 44.1 Å². The predicted octanol–water partition coefficient (Wildman–Crippen LogP) is 5.64. The van der Waals surface area contributed by atoms with Gasteiger partial charge < -0.3 is 4.74 Å². The highest BCUT2D eigenvalue weighted by Crippen LogP contribution is 2.21. The fraction of sp³-hybridized carbons (Fsp3) is 0.429. The normalized spacial score (nSPS) is 15.8. The maximum atomic E-state index is 6.00. The maximum absolute atomic E-state index is 6.00. The average molecular weight is 294 g/mol. The molecule has 2 aromatic carbocycles. The first-order valence-corrected chi connectivity index (χ1v) is 8.68. The molecule has 0 unspecified atom stereocenters. The van der Waals surface area contributed by atoms with Gasteiger partial charge in [-0.05, 0) is 42.4 Å². The third-order valence-electron chi connectivity index (χ3n) is 4.58. The molecule has 0 N–H and O–H groups in total. The van der Waals surface area contributed by atoms with Crippen LogP contribution in [0.15, 0.2) is 54.6 Å². The first kappa shape index (κ1) is 15.3. The molecule has 0 amide bonds. The van der Waals surface area contributed by atoms with E-state index in [4.69, 9.17) is 4.74 Å². The summed E-state index contributed by atoms with van der Waals surface area (Å²) in [6.07, 6.45) is 9.42. The monoisotopic (exact) mass is 294 g/mol. The lowest BCUT2D eigenvalue weighted by Gasteiger charge is -2.21. The van der Waals surface area contributed by atoms with Crippen LogP contribution in [0.5, 0.6) is 0 Å². The molecule has 0 saturated heterocycles. The second-order valence-corrected chi connectivity index (χ2v) is 6.30. The molecule has 22 heavy (non-hydrogen) atoms. The highest BCUT2D eigenvalue weighted by atomic mass is 16.5. The van der Waals surface area contributed by atoms with E-state index in [2.05, 4.69) is 54.6 Å². The lowest BCUT2D eigenvalue weighted by Crippen LogP contribution is -2.17. The molecule has 3 rings (SSSR count). The van der Waals surface area contributed by atoms with Crippen molar-refractivity contribution in [1.29, 1.82) is 0 Å². The van der Waals surface area contributed by atoms with Gasteiger partial charge in [-0.1, -0.05) is 73.9 Å². The molecule has 1 saturated carbocycles. The number of hydrogen-bond donors (Lipinski definition) is 0. The molecule has 0 aliphatic heterocycles. The molecule has 0 radical (unpaired) electrons. The van der Waals surface area contributed by atoms with Gasteiger partial charge in [0.05, 0.1) is 6.10 Å². The topological polar surface area (TPSA) is 9.23 Å². The Balaban J connectivity index is 1.43. The maximum Gasteiger partial charge on any atom is 0.0575 e. The lowest BCUT2D eigenvalue weighted by atomic mass is 9.98. The Kier molecular flexibility index (Phi) is 5.66. The minimum Gasteiger partial charge on any atom is -0.378 e. The van der Waals surface area contributed by atoms with Crippen LogP contribution in [-0.2, 0) is 11.2 Å². The third kappa shape index (κ3) is 4.45. The summed E-state index contributed by atoms with van der Waals surface area (Å²) in [4.78, 5) is 0. The van der Waals surface area contributed by atoms with Gasteiger partial charge in [-0.3, -0.25) is 0 Å². The van der Waals surface area contributed by atoms with Crippen LogP contribution in [0, 0.1) is 0 Å². The summed E-state index contributed by atoms with van der Waals surface area (Å²) in [6.45, 7) is 0.908. The highest BCUT2D eigenvalue weighted by Gasteiger charge is 2.12. The van der Waals surface area contributed by atoms with Crippen LogP contribution in [-0.4, -0.2) is 12.7 Å². The summed E-state index contributed by atoms with van der Waals surface area (Å²) in [5.41, 5.74) is 3.99. The number of ether oxygens (including phenoxy) is 1. The van der Waals surface area contributed by atoms with Crippen molar-refractivity contribution in [2.45, 2.75) is 51.0 Å². The van der Waals surface area contributed by atoms with Gasteiger partial charge in [-0.15, -0.1) is 0 Å². The fourth-order valence-electron chi connectivity index (χ4n) is 3.25. The molecule has 1 aliphatic carbocycles. The van der Waals surface area contributed by atoms with E-state index >= 15 is 0 Å². The van der Waals surface area contributed by atoms with Gasteiger partial charge in [0.25, 0.3) is 0 Å². The van der Waals surface area contributed by atoms with E-state index < -0.39 is 0 Å². The van der Waals surface area contributed by atoms with Gasteiger partial charge >= 0.3 is 0 Å². The molecular formula is C21H26O. The molecule has 0 atom stereocenters. The van der Waals surface area contributed by atoms with Gasteiger partial charge in [0.1, 0.15) is 0 Å². The quantitative estimate of drug-likeness (QED) is 0.627. The van der Waals surface area contributed by atoms with E-state index in [-0.39, 0.29) is 0 Å². The third-order valence-corrected chi connectivity index (χ3v) is 4.58.